The summed E-state index contributed by atoms with van der Waals surface area (Å²) in [7, 11) is 0. The summed E-state index contributed by atoms with van der Waals surface area (Å²) in [5.41, 5.74) is 8.59. The number of hydrogen-bond acceptors (Lipinski definition) is 2. The second-order valence-electron chi connectivity index (χ2n) is 8.71. The van der Waals surface area contributed by atoms with Crippen LogP contribution in [-0.2, 0) is 0 Å². The van der Waals surface area contributed by atoms with Gasteiger partial charge in [-0.25, -0.2) is 0 Å². The monoisotopic (exact) mass is 416 g/mol. The highest BCUT2D eigenvalue weighted by molar-refractivity contribution is 6.03. The summed E-state index contributed by atoms with van der Waals surface area (Å²) in [4.78, 5) is 0. The van der Waals surface area contributed by atoms with Crippen LogP contribution < -0.4 is 5.01 Å². The molecule has 1 aliphatic heterocycles. The number of nitrogens with zero attached hydrogens (tertiary/aromatic N) is 2. The Hall–Kier alpha value is -3.65. The average molecular weight is 417 g/mol. The van der Waals surface area contributed by atoms with Crippen LogP contribution in [0.4, 0.5) is 5.69 Å². The van der Waals surface area contributed by atoms with Crippen LogP contribution in [0.25, 0.3) is 11.1 Å². The average Bonchev–Trinajstić information content (AvgIpc) is 3.31. The second kappa shape index (κ2) is 8.84. The summed E-state index contributed by atoms with van der Waals surface area (Å²) in [5.74, 6) is 0.535. The van der Waals surface area contributed by atoms with E-state index in [2.05, 4.69) is 128 Å². The fourth-order valence-electron chi connectivity index (χ4n) is 4.35. The van der Waals surface area contributed by atoms with Gasteiger partial charge in [-0.05, 0) is 45.9 Å². The van der Waals surface area contributed by atoms with Crippen LogP contribution in [0.3, 0.4) is 0 Å². The number of para-hydroxylation sites is 1. The number of benzene rings is 4. The largest absolute Gasteiger partial charge is 0.257 e. The molecule has 0 saturated heterocycles. The van der Waals surface area contributed by atoms with E-state index in [1.807, 2.05) is 0 Å². The van der Waals surface area contributed by atoms with Crippen molar-refractivity contribution >= 4 is 11.4 Å². The molecule has 4 aromatic rings. The molecule has 0 amide bonds. The van der Waals surface area contributed by atoms with Gasteiger partial charge in [0.05, 0.1) is 17.4 Å². The minimum atomic E-state index is 0.197. The molecule has 5 rings (SSSR count). The lowest BCUT2D eigenvalue weighted by atomic mass is 9.94. The first-order chi connectivity index (χ1) is 15.7. The van der Waals surface area contributed by atoms with Crippen LogP contribution in [0.5, 0.6) is 0 Å². The minimum Gasteiger partial charge on any atom is -0.257 e. The van der Waals surface area contributed by atoms with Crippen molar-refractivity contribution in [3.63, 3.8) is 0 Å². The minimum absolute atomic E-state index is 0.197. The fourth-order valence-corrected chi connectivity index (χ4v) is 4.35. The molecule has 158 valence electrons. The molecule has 0 aromatic heterocycles. The molecule has 32 heavy (non-hydrogen) atoms. The summed E-state index contributed by atoms with van der Waals surface area (Å²) >= 11 is 0. The van der Waals surface area contributed by atoms with Crippen molar-refractivity contribution in [2.45, 2.75) is 32.2 Å². The Bertz CT molecular complexity index is 1190. The SMILES string of the molecule is CC(C)c1ccc([C@H]2CC(c3ccc(-c4ccccc4)cc3)=NN2c2ccccc2)cc1. The first-order valence-electron chi connectivity index (χ1n) is 11.4. The molecular formula is C30H28N2. The Morgan fingerprint density at radius 3 is 1.84 bits per heavy atom. The predicted octanol–water partition coefficient (Wildman–Crippen LogP) is 7.83. The van der Waals surface area contributed by atoms with E-state index < -0.39 is 0 Å². The molecule has 2 heteroatoms. The van der Waals surface area contributed by atoms with E-state index >= 15 is 0 Å². The maximum atomic E-state index is 5.10. The fraction of sp³-hybridized carbons (Fsp3) is 0.167. The van der Waals surface area contributed by atoms with Crippen LogP contribution in [0.15, 0.2) is 114 Å². The molecule has 0 spiro atoms. The summed E-state index contributed by atoms with van der Waals surface area (Å²) in [6.45, 7) is 4.47. The van der Waals surface area contributed by atoms with Crippen molar-refractivity contribution in [3.05, 3.63) is 126 Å². The Morgan fingerprint density at radius 1 is 0.656 bits per heavy atom. The molecule has 1 atom stereocenters. The zero-order chi connectivity index (χ0) is 21.9. The molecular weight excluding hydrogens is 388 g/mol. The van der Waals surface area contributed by atoms with Crippen molar-refractivity contribution in [1.29, 1.82) is 0 Å². The van der Waals surface area contributed by atoms with E-state index in [4.69, 9.17) is 5.10 Å². The van der Waals surface area contributed by atoms with Gasteiger partial charge in [-0.2, -0.15) is 5.10 Å². The summed E-state index contributed by atoms with van der Waals surface area (Å²) in [6.07, 6.45) is 0.889. The quantitative estimate of drug-likeness (QED) is 0.324. The van der Waals surface area contributed by atoms with Gasteiger partial charge in [-0.15, -0.1) is 0 Å². The molecule has 4 aromatic carbocycles. The molecule has 0 aliphatic carbocycles. The van der Waals surface area contributed by atoms with Gasteiger partial charge in [0.15, 0.2) is 0 Å². The topological polar surface area (TPSA) is 15.6 Å². The van der Waals surface area contributed by atoms with Gasteiger partial charge >= 0.3 is 0 Å². The standard InChI is InChI=1S/C30H28N2/c1-22(2)23-13-19-27(20-14-23)30-21-29(31-32(30)28-11-7-4-8-12-28)26-17-15-25(16-18-26)24-9-5-3-6-10-24/h3-20,22,30H,21H2,1-2H3/t30-/m1/s1. The number of anilines is 1. The van der Waals surface area contributed by atoms with E-state index in [1.54, 1.807) is 0 Å². The molecule has 0 bridgehead atoms. The van der Waals surface area contributed by atoms with Crippen LogP contribution >= 0.6 is 0 Å². The van der Waals surface area contributed by atoms with E-state index in [9.17, 15) is 0 Å². The second-order valence-corrected chi connectivity index (χ2v) is 8.71. The molecule has 2 nitrogen and oxygen atoms in total. The normalized spacial score (nSPS) is 15.8. The Morgan fingerprint density at radius 2 is 1.22 bits per heavy atom. The van der Waals surface area contributed by atoms with E-state index in [1.165, 1.54) is 27.8 Å². The number of hydrazone groups is 1. The van der Waals surface area contributed by atoms with Crippen molar-refractivity contribution in [3.8, 4) is 11.1 Å². The van der Waals surface area contributed by atoms with Gasteiger partial charge in [0.2, 0.25) is 0 Å². The maximum absolute atomic E-state index is 5.10. The molecule has 0 saturated carbocycles. The molecule has 0 fully saturated rings. The van der Waals surface area contributed by atoms with E-state index in [-0.39, 0.29) is 6.04 Å². The van der Waals surface area contributed by atoms with Crippen molar-refractivity contribution in [2.24, 2.45) is 5.10 Å². The maximum Gasteiger partial charge on any atom is 0.0831 e. The summed E-state index contributed by atoms with van der Waals surface area (Å²) in [6, 6.07) is 39.1. The zero-order valence-electron chi connectivity index (χ0n) is 18.6. The first kappa shape index (κ1) is 20.3. The van der Waals surface area contributed by atoms with Gasteiger partial charge in [0, 0.05) is 6.42 Å². The van der Waals surface area contributed by atoms with Crippen molar-refractivity contribution in [1.82, 2.24) is 0 Å². The number of hydrogen-bond donors (Lipinski definition) is 0. The third-order valence-corrected chi connectivity index (χ3v) is 6.24. The Balaban J connectivity index is 1.47. The zero-order valence-corrected chi connectivity index (χ0v) is 18.6. The van der Waals surface area contributed by atoms with Crippen molar-refractivity contribution < 1.29 is 0 Å². The molecule has 0 N–H and O–H groups in total. The van der Waals surface area contributed by atoms with Crippen LogP contribution in [-0.4, -0.2) is 5.71 Å². The molecule has 1 aliphatic rings. The summed E-state index contributed by atoms with van der Waals surface area (Å²) in [5, 5.41) is 7.28. The van der Waals surface area contributed by atoms with Crippen LogP contribution in [0.1, 0.15) is 48.9 Å². The highest BCUT2D eigenvalue weighted by Crippen LogP contribution is 2.37. The third kappa shape index (κ3) is 4.09. The van der Waals surface area contributed by atoms with Crippen LogP contribution in [0.2, 0.25) is 0 Å². The number of rotatable bonds is 5. The van der Waals surface area contributed by atoms with E-state index in [0.717, 1.165) is 17.8 Å². The molecule has 1 heterocycles. The van der Waals surface area contributed by atoms with Gasteiger partial charge in [-0.3, -0.25) is 5.01 Å². The lowest BCUT2D eigenvalue weighted by Crippen LogP contribution is -2.18. The van der Waals surface area contributed by atoms with Gasteiger partial charge < -0.3 is 0 Å². The lowest BCUT2D eigenvalue weighted by molar-refractivity contribution is 0.707. The highest BCUT2D eigenvalue weighted by atomic mass is 15.5. The predicted molar refractivity (Wildman–Crippen MR) is 135 cm³/mol. The summed E-state index contributed by atoms with van der Waals surface area (Å²) < 4.78 is 0. The third-order valence-electron chi connectivity index (χ3n) is 6.24. The van der Waals surface area contributed by atoms with Crippen LogP contribution in [0, 0.1) is 0 Å². The molecule has 0 radical (unpaired) electrons. The lowest BCUT2D eigenvalue weighted by Gasteiger charge is -2.24. The van der Waals surface area contributed by atoms with E-state index in [0.29, 0.717) is 5.92 Å². The smallest absolute Gasteiger partial charge is 0.0831 e. The Kier molecular flexibility index (Phi) is 5.60. The first-order valence-corrected chi connectivity index (χ1v) is 11.4. The van der Waals surface area contributed by atoms with Gasteiger partial charge in [0.25, 0.3) is 0 Å². The Labute approximate surface area is 190 Å². The molecule has 0 unspecified atom stereocenters. The van der Waals surface area contributed by atoms with Gasteiger partial charge in [-0.1, -0.05) is 111 Å². The highest BCUT2D eigenvalue weighted by Gasteiger charge is 2.29. The van der Waals surface area contributed by atoms with Gasteiger partial charge in [0.1, 0.15) is 0 Å². The van der Waals surface area contributed by atoms with Crippen molar-refractivity contribution in [2.75, 3.05) is 5.01 Å².